The third-order valence-electron chi connectivity index (χ3n) is 5.18. The molecule has 3 aromatic rings. The Kier molecular flexibility index (Phi) is 5.84. The summed E-state index contributed by atoms with van der Waals surface area (Å²) < 4.78 is 2.04. The monoisotopic (exact) mass is 392 g/mol. The number of anilines is 1. The summed E-state index contributed by atoms with van der Waals surface area (Å²) in [5.74, 6) is 1.29. The number of imidazole rings is 1. The average molecular weight is 393 g/mol. The fraction of sp³-hybridized carbons (Fsp3) is 0.364. The first-order valence-electron chi connectivity index (χ1n) is 10.2. The first-order valence-corrected chi connectivity index (χ1v) is 10.2. The van der Waals surface area contributed by atoms with Gasteiger partial charge in [-0.25, -0.2) is 4.98 Å². The van der Waals surface area contributed by atoms with Gasteiger partial charge in [-0.3, -0.25) is 4.99 Å². The Hall–Kier alpha value is -3.22. The highest BCUT2D eigenvalue weighted by Gasteiger charge is 2.21. The van der Waals surface area contributed by atoms with Crippen LogP contribution in [0.15, 0.2) is 59.9 Å². The molecule has 152 valence electrons. The number of benzene rings is 1. The van der Waals surface area contributed by atoms with Crippen molar-refractivity contribution in [2.24, 2.45) is 4.99 Å². The van der Waals surface area contributed by atoms with Crippen molar-refractivity contribution in [3.63, 3.8) is 0 Å². The molecular weight excluding hydrogens is 364 g/mol. The third-order valence-corrected chi connectivity index (χ3v) is 5.18. The van der Waals surface area contributed by atoms with Crippen LogP contribution in [0.4, 0.5) is 5.69 Å². The van der Waals surface area contributed by atoms with Gasteiger partial charge in [0, 0.05) is 58.1 Å². The molecule has 1 aliphatic rings. The molecule has 0 amide bonds. The zero-order valence-corrected chi connectivity index (χ0v) is 16.8. The number of pyridine rings is 1. The first kappa shape index (κ1) is 19.1. The van der Waals surface area contributed by atoms with Gasteiger partial charge in [0.15, 0.2) is 5.96 Å². The molecule has 0 saturated carbocycles. The van der Waals surface area contributed by atoms with Crippen molar-refractivity contribution in [1.82, 2.24) is 19.6 Å². The highest BCUT2D eigenvalue weighted by atomic mass is 16.3. The summed E-state index contributed by atoms with van der Waals surface area (Å²) in [6, 6.07) is 13.6. The van der Waals surface area contributed by atoms with Crippen molar-refractivity contribution >= 4 is 17.3 Å². The molecule has 2 N–H and O–H groups in total. The number of piperazine rings is 1. The lowest BCUT2D eigenvalue weighted by molar-refractivity contribution is 0.370. The summed E-state index contributed by atoms with van der Waals surface area (Å²) in [5, 5.41) is 13.5. The number of aromatic hydroxyl groups is 1. The van der Waals surface area contributed by atoms with Gasteiger partial charge in [0.05, 0.1) is 11.4 Å². The number of hydrogen-bond donors (Lipinski definition) is 2. The number of fused-ring (bicyclic) bond motifs is 1. The van der Waals surface area contributed by atoms with Crippen molar-refractivity contribution in [3.8, 4) is 5.75 Å². The Labute approximate surface area is 171 Å². The van der Waals surface area contributed by atoms with Gasteiger partial charge in [0.25, 0.3) is 0 Å². The molecule has 7 nitrogen and oxygen atoms in total. The molecule has 0 unspecified atom stereocenters. The predicted molar refractivity (Wildman–Crippen MR) is 117 cm³/mol. The minimum absolute atomic E-state index is 0.342. The van der Waals surface area contributed by atoms with Crippen LogP contribution in [0.5, 0.6) is 5.75 Å². The Morgan fingerprint density at radius 3 is 2.66 bits per heavy atom. The van der Waals surface area contributed by atoms with Crippen LogP contribution >= 0.6 is 0 Å². The lowest BCUT2D eigenvalue weighted by Gasteiger charge is -2.37. The number of hydrogen-bond acceptors (Lipinski definition) is 4. The number of nitrogens with one attached hydrogen (secondary N) is 1. The number of nitrogens with zero attached hydrogens (tertiary/aromatic N) is 5. The molecule has 0 bridgehead atoms. The Morgan fingerprint density at radius 2 is 1.90 bits per heavy atom. The summed E-state index contributed by atoms with van der Waals surface area (Å²) in [6.45, 7) is 7.08. The molecule has 0 aliphatic carbocycles. The van der Waals surface area contributed by atoms with Gasteiger partial charge in [-0.2, -0.15) is 0 Å². The second kappa shape index (κ2) is 8.86. The SMILES string of the molecule is CCNC(=NCCc1cn2ccccc2n1)N1CCN(c2ccccc2O)CC1. The fourth-order valence-electron chi connectivity index (χ4n) is 3.70. The number of para-hydroxylation sites is 2. The molecule has 1 aliphatic heterocycles. The second-order valence-electron chi connectivity index (χ2n) is 7.15. The number of aliphatic imine (C=N–C) groups is 1. The molecule has 0 radical (unpaired) electrons. The van der Waals surface area contributed by atoms with Crippen molar-refractivity contribution in [2.75, 3.05) is 44.2 Å². The van der Waals surface area contributed by atoms with Crippen LogP contribution in [-0.4, -0.2) is 64.6 Å². The minimum Gasteiger partial charge on any atom is -0.506 e. The Morgan fingerprint density at radius 1 is 1.10 bits per heavy atom. The first-order chi connectivity index (χ1) is 14.2. The maximum atomic E-state index is 10.1. The second-order valence-corrected chi connectivity index (χ2v) is 7.15. The van der Waals surface area contributed by atoms with E-state index in [0.29, 0.717) is 12.3 Å². The molecule has 0 spiro atoms. The fourth-order valence-corrected chi connectivity index (χ4v) is 3.70. The summed E-state index contributed by atoms with van der Waals surface area (Å²) in [4.78, 5) is 14.0. The lowest BCUT2D eigenvalue weighted by Crippen LogP contribution is -2.52. The van der Waals surface area contributed by atoms with Crippen molar-refractivity contribution in [1.29, 1.82) is 0 Å². The summed E-state index contributed by atoms with van der Waals surface area (Å²) in [6.07, 6.45) is 4.90. The van der Waals surface area contributed by atoms with E-state index in [1.807, 2.05) is 47.0 Å². The van der Waals surface area contributed by atoms with E-state index in [1.165, 1.54) is 0 Å². The maximum absolute atomic E-state index is 10.1. The van der Waals surface area contributed by atoms with E-state index in [-0.39, 0.29) is 0 Å². The zero-order chi connectivity index (χ0) is 20.1. The van der Waals surface area contributed by atoms with E-state index in [9.17, 15) is 5.11 Å². The molecule has 4 rings (SSSR count). The van der Waals surface area contributed by atoms with E-state index < -0.39 is 0 Å². The van der Waals surface area contributed by atoms with E-state index in [0.717, 1.165) is 62.1 Å². The maximum Gasteiger partial charge on any atom is 0.194 e. The quantitative estimate of drug-likeness (QED) is 0.515. The van der Waals surface area contributed by atoms with Crippen LogP contribution in [0.25, 0.3) is 5.65 Å². The molecule has 2 aromatic heterocycles. The number of rotatable bonds is 5. The standard InChI is InChI=1S/C22H28N6O/c1-2-23-22(24-11-10-18-17-28-12-6-5-9-21(28)25-18)27-15-13-26(14-16-27)19-7-3-4-8-20(19)29/h3-9,12,17,29H,2,10-11,13-16H2,1H3,(H,23,24). The van der Waals surface area contributed by atoms with Crippen LogP contribution in [0.3, 0.4) is 0 Å². The Bertz CT molecular complexity index is 941. The highest BCUT2D eigenvalue weighted by molar-refractivity contribution is 5.80. The van der Waals surface area contributed by atoms with Gasteiger partial charge in [-0.15, -0.1) is 0 Å². The molecule has 7 heteroatoms. The van der Waals surface area contributed by atoms with Gasteiger partial charge in [0.1, 0.15) is 11.4 Å². The molecule has 1 saturated heterocycles. The van der Waals surface area contributed by atoms with Gasteiger partial charge in [0.2, 0.25) is 0 Å². The van der Waals surface area contributed by atoms with Crippen LogP contribution in [0.1, 0.15) is 12.6 Å². The number of phenolic OH excluding ortho intramolecular Hbond substituents is 1. The van der Waals surface area contributed by atoms with Gasteiger partial charge >= 0.3 is 0 Å². The van der Waals surface area contributed by atoms with E-state index in [1.54, 1.807) is 6.07 Å². The largest absolute Gasteiger partial charge is 0.506 e. The normalized spacial score (nSPS) is 15.1. The number of guanidine groups is 1. The van der Waals surface area contributed by atoms with E-state index in [2.05, 4.69) is 33.2 Å². The summed E-state index contributed by atoms with van der Waals surface area (Å²) >= 11 is 0. The lowest BCUT2D eigenvalue weighted by atomic mass is 10.2. The summed E-state index contributed by atoms with van der Waals surface area (Å²) in [5.41, 5.74) is 2.93. The smallest absolute Gasteiger partial charge is 0.194 e. The molecule has 1 fully saturated rings. The molecule has 29 heavy (non-hydrogen) atoms. The van der Waals surface area contributed by atoms with Crippen LogP contribution < -0.4 is 10.2 Å². The Balaban J connectivity index is 1.36. The topological polar surface area (TPSA) is 68.4 Å². The van der Waals surface area contributed by atoms with Crippen molar-refractivity contribution < 1.29 is 5.11 Å². The van der Waals surface area contributed by atoms with Crippen molar-refractivity contribution in [2.45, 2.75) is 13.3 Å². The van der Waals surface area contributed by atoms with Gasteiger partial charge in [-0.1, -0.05) is 18.2 Å². The van der Waals surface area contributed by atoms with Crippen LogP contribution in [0.2, 0.25) is 0 Å². The molecule has 0 atom stereocenters. The number of aromatic nitrogens is 2. The number of phenols is 1. The van der Waals surface area contributed by atoms with Gasteiger partial charge in [-0.05, 0) is 31.2 Å². The predicted octanol–water partition coefficient (Wildman–Crippen LogP) is 2.37. The summed E-state index contributed by atoms with van der Waals surface area (Å²) in [7, 11) is 0. The average Bonchev–Trinajstić information content (AvgIpc) is 3.16. The van der Waals surface area contributed by atoms with E-state index in [4.69, 9.17) is 4.99 Å². The van der Waals surface area contributed by atoms with Crippen LogP contribution in [0, 0.1) is 0 Å². The zero-order valence-electron chi connectivity index (χ0n) is 16.8. The van der Waals surface area contributed by atoms with Crippen LogP contribution in [-0.2, 0) is 6.42 Å². The molecule has 1 aromatic carbocycles. The van der Waals surface area contributed by atoms with Crippen molar-refractivity contribution in [3.05, 3.63) is 60.6 Å². The highest BCUT2D eigenvalue weighted by Crippen LogP contribution is 2.27. The minimum atomic E-state index is 0.342. The van der Waals surface area contributed by atoms with E-state index >= 15 is 0 Å². The molecular formula is C22H28N6O. The van der Waals surface area contributed by atoms with Gasteiger partial charge < -0.3 is 24.6 Å². The molecule has 3 heterocycles. The third kappa shape index (κ3) is 4.45.